The normalized spacial score (nSPS) is 18.7. The van der Waals surface area contributed by atoms with Gasteiger partial charge in [-0.15, -0.1) is 0 Å². The van der Waals surface area contributed by atoms with E-state index >= 15 is 0 Å². The van der Waals surface area contributed by atoms with Crippen LogP contribution in [0.2, 0.25) is 0 Å². The number of nitrogens with zero attached hydrogens (tertiary/aromatic N) is 2. The Kier molecular flexibility index (Phi) is 4.81. The molecule has 18 heavy (non-hydrogen) atoms. The predicted molar refractivity (Wildman–Crippen MR) is 75.5 cm³/mol. The molecule has 1 unspecified atom stereocenters. The van der Waals surface area contributed by atoms with Crippen LogP contribution in [-0.4, -0.2) is 15.8 Å². The molecule has 0 saturated heterocycles. The molecule has 3 nitrogen and oxygen atoms in total. The highest BCUT2D eigenvalue weighted by molar-refractivity contribution is 5.03. The molecule has 1 aliphatic carbocycles. The first-order valence-electron chi connectivity index (χ1n) is 7.54. The molecule has 0 aromatic carbocycles. The monoisotopic (exact) mass is 249 g/mol. The smallest absolute Gasteiger partial charge is 0.0640 e. The van der Waals surface area contributed by atoms with E-state index in [1.807, 2.05) is 0 Å². The van der Waals surface area contributed by atoms with Crippen molar-refractivity contribution < 1.29 is 0 Å². The van der Waals surface area contributed by atoms with Crippen molar-refractivity contribution in [3.63, 3.8) is 0 Å². The fraction of sp³-hybridized carbons (Fsp3) is 0.800. The van der Waals surface area contributed by atoms with Crippen LogP contribution in [0.15, 0.2) is 12.3 Å². The Morgan fingerprint density at radius 3 is 2.61 bits per heavy atom. The van der Waals surface area contributed by atoms with E-state index in [2.05, 4.69) is 30.8 Å². The van der Waals surface area contributed by atoms with Gasteiger partial charge in [-0.2, -0.15) is 5.10 Å². The second kappa shape index (κ2) is 6.37. The molecule has 1 aromatic rings. The van der Waals surface area contributed by atoms with Crippen molar-refractivity contribution in [2.24, 2.45) is 11.7 Å². The molecule has 2 rings (SSSR count). The molecule has 0 bridgehead atoms. The summed E-state index contributed by atoms with van der Waals surface area (Å²) in [5.41, 5.74) is 7.45. The Bertz CT molecular complexity index is 348. The van der Waals surface area contributed by atoms with Crippen LogP contribution in [0.1, 0.15) is 64.1 Å². The summed E-state index contributed by atoms with van der Waals surface area (Å²) < 4.78 is 2.17. The number of nitrogens with two attached hydrogens (primary N) is 1. The Labute approximate surface area is 111 Å². The minimum Gasteiger partial charge on any atom is -0.327 e. The van der Waals surface area contributed by atoms with Gasteiger partial charge in [-0.05, 0) is 24.8 Å². The molecule has 0 aliphatic heterocycles. The number of hydrogen-bond donors (Lipinski definition) is 1. The van der Waals surface area contributed by atoms with E-state index in [1.54, 1.807) is 0 Å². The summed E-state index contributed by atoms with van der Waals surface area (Å²) in [6.07, 6.45) is 10.7. The van der Waals surface area contributed by atoms with Crippen molar-refractivity contribution in [1.29, 1.82) is 0 Å². The molecule has 1 heterocycles. The zero-order valence-corrected chi connectivity index (χ0v) is 11.8. The van der Waals surface area contributed by atoms with E-state index in [0.717, 1.165) is 6.42 Å². The molecule has 2 N–H and O–H groups in total. The lowest BCUT2D eigenvalue weighted by molar-refractivity contribution is 0.387. The van der Waals surface area contributed by atoms with Crippen molar-refractivity contribution in [2.45, 2.75) is 70.9 Å². The minimum atomic E-state index is 0.256. The van der Waals surface area contributed by atoms with Gasteiger partial charge in [-0.1, -0.05) is 39.5 Å². The van der Waals surface area contributed by atoms with Crippen LogP contribution in [0.4, 0.5) is 0 Å². The summed E-state index contributed by atoms with van der Waals surface area (Å²) in [6, 6.07) is 3.05. The number of rotatable bonds is 6. The van der Waals surface area contributed by atoms with Gasteiger partial charge in [-0.3, -0.25) is 4.68 Å². The lowest BCUT2D eigenvalue weighted by Gasteiger charge is -2.20. The maximum atomic E-state index is 6.28. The minimum absolute atomic E-state index is 0.256. The maximum Gasteiger partial charge on any atom is 0.0640 e. The van der Waals surface area contributed by atoms with Gasteiger partial charge in [0, 0.05) is 18.7 Å². The topological polar surface area (TPSA) is 43.8 Å². The predicted octanol–water partition coefficient (Wildman–Crippen LogP) is 3.30. The SMILES string of the molecule is CCC(CC)C(N)Cc1ccn(C2CCCC2)n1. The van der Waals surface area contributed by atoms with Crippen molar-refractivity contribution in [3.8, 4) is 0 Å². The van der Waals surface area contributed by atoms with E-state index in [1.165, 1.54) is 44.2 Å². The van der Waals surface area contributed by atoms with Crippen molar-refractivity contribution >= 4 is 0 Å². The third kappa shape index (κ3) is 3.14. The Hall–Kier alpha value is -0.830. The van der Waals surface area contributed by atoms with Gasteiger partial charge in [0.1, 0.15) is 0 Å². The first kappa shape index (κ1) is 13.6. The Balaban J connectivity index is 1.93. The third-order valence-corrected chi connectivity index (χ3v) is 4.46. The molecule has 1 fully saturated rings. The maximum absolute atomic E-state index is 6.28. The quantitative estimate of drug-likeness (QED) is 0.840. The second-order valence-corrected chi connectivity index (χ2v) is 5.67. The second-order valence-electron chi connectivity index (χ2n) is 5.67. The summed E-state index contributed by atoms with van der Waals surface area (Å²) in [5.74, 6) is 0.627. The van der Waals surface area contributed by atoms with Crippen molar-refractivity contribution in [3.05, 3.63) is 18.0 Å². The van der Waals surface area contributed by atoms with E-state index in [0.29, 0.717) is 12.0 Å². The van der Waals surface area contributed by atoms with Crippen LogP contribution in [0.5, 0.6) is 0 Å². The van der Waals surface area contributed by atoms with Crippen LogP contribution < -0.4 is 5.73 Å². The lowest BCUT2D eigenvalue weighted by Crippen LogP contribution is -2.31. The third-order valence-electron chi connectivity index (χ3n) is 4.46. The molecular formula is C15H27N3. The fourth-order valence-corrected chi connectivity index (χ4v) is 3.16. The molecule has 0 radical (unpaired) electrons. The zero-order chi connectivity index (χ0) is 13.0. The summed E-state index contributed by atoms with van der Waals surface area (Å²) in [5, 5.41) is 4.72. The summed E-state index contributed by atoms with van der Waals surface area (Å²) in [7, 11) is 0. The first-order chi connectivity index (χ1) is 8.74. The Morgan fingerprint density at radius 2 is 2.00 bits per heavy atom. The fourth-order valence-electron chi connectivity index (χ4n) is 3.16. The summed E-state index contributed by atoms with van der Waals surface area (Å²) in [6.45, 7) is 4.45. The van der Waals surface area contributed by atoms with E-state index in [4.69, 9.17) is 10.8 Å². The molecule has 1 atom stereocenters. The molecule has 3 heteroatoms. The molecule has 0 amide bonds. The van der Waals surface area contributed by atoms with Crippen LogP contribution in [0, 0.1) is 5.92 Å². The van der Waals surface area contributed by atoms with Gasteiger partial charge in [0.15, 0.2) is 0 Å². The lowest BCUT2D eigenvalue weighted by atomic mass is 9.92. The van der Waals surface area contributed by atoms with Gasteiger partial charge in [0.05, 0.1) is 11.7 Å². The highest BCUT2D eigenvalue weighted by Gasteiger charge is 2.19. The van der Waals surface area contributed by atoms with Gasteiger partial charge in [0.25, 0.3) is 0 Å². The van der Waals surface area contributed by atoms with Gasteiger partial charge in [-0.25, -0.2) is 0 Å². The van der Waals surface area contributed by atoms with Crippen LogP contribution in [0.25, 0.3) is 0 Å². The van der Waals surface area contributed by atoms with Gasteiger partial charge < -0.3 is 5.73 Å². The summed E-state index contributed by atoms with van der Waals surface area (Å²) >= 11 is 0. The molecular weight excluding hydrogens is 222 g/mol. The molecule has 1 saturated carbocycles. The molecule has 1 aromatic heterocycles. The first-order valence-corrected chi connectivity index (χ1v) is 7.54. The molecule has 1 aliphatic rings. The van der Waals surface area contributed by atoms with Crippen molar-refractivity contribution in [2.75, 3.05) is 0 Å². The van der Waals surface area contributed by atoms with E-state index < -0.39 is 0 Å². The highest BCUT2D eigenvalue weighted by Crippen LogP contribution is 2.28. The number of hydrogen-bond acceptors (Lipinski definition) is 2. The van der Waals surface area contributed by atoms with Crippen LogP contribution in [-0.2, 0) is 6.42 Å². The standard InChI is InChI=1S/C15H27N3/c1-3-12(4-2)15(16)11-13-9-10-18(17-13)14-7-5-6-8-14/h9-10,12,14-15H,3-8,11,16H2,1-2H3. The average molecular weight is 249 g/mol. The van der Waals surface area contributed by atoms with E-state index in [-0.39, 0.29) is 6.04 Å². The van der Waals surface area contributed by atoms with Crippen LogP contribution >= 0.6 is 0 Å². The van der Waals surface area contributed by atoms with Gasteiger partial charge >= 0.3 is 0 Å². The average Bonchev–Trinajstić information content (AvgIpc) is 3.00. The van der Waals surface area contributed by atoms with Gasteiger partial charge in [0.2, 0.25) is 0 Å². The number of aromatic nitrogens is 2. The van der Waals surface area contributed by atoms with E-state index in [9.17, 15) is 0 Å². The molecule has 0 spiro atoms. The zero-order valence-electron chi connectivity index (χ0n) is 11.8. The highest BCUT2D eigenvalue weighted by atomic mass is 15.3. The summed E-state index contributed by atoms with van der Waals surface area (Å²) in [4.78, 5) is 0. The van der Waals surface area contributed by atoms with Crippen LogP contribution in [0.3, 0.4) is 0 Å². The molecule has 102 valence electrons. The Morgan fingerprint density at radius 1 is 1.33 bits per heavy atom. The largest absolute Gasteiger partial charge is 0.327 e. The van der Waals surface area contributed by atoms with Crippen molar-refractivity contribution in [1.82, 2.24) is 9.78 Å².